The standard InChI is InChI=1S/C17H17FN2O2.C4H4O4/c1-11-7-8-12(9-19)17(15(11)18)22-14-6-4-5-13(10-20-2)16(14)21-3;5-3(6)1-2-4(7)8/h4-8,20H,10H2,1-3H3;1-2H,(H,5,6)(H,7,8)/b;2-1+. The Hall–Kier alpha value is -3.90. The van der Waals surface area contributed by atoms with Crippen LogP contribution in [0.4, 0.5) is 4.39 Å². The van der Waals surface area contributed by atoms with Gasteiger partial charge < -0.3 is 25.0 Å². The molecular formula is C21H21FN2O6. The Morgan fingerprint density at radius 2 is 1.80 bits per heavy atom. The molecular weight excluding hydrogens is 395 g/mol. The number of carboxylic acid groups (broad SMARTS) is 2. The lowest BCUT2D eigenvalue weighted by molar-refractivity contribution is -0.134. The monoisotopic (exact) mass is 416 g/mol. The zero-order valence-corrected chi connectivity index (χ0v) is 16.6. The molecule has 0 heterocycles. The second-order valence-corrected chi connectivity index (χ2v) is 5.78. The molecule has 0 aromatic heterocycles. The Balaban J connectivity index is 0.000000479. The Morgan fingerprint density at radius 3 is 2.30 bits per heavy atom. The number of methoxy groups -OCH3 is 1. The minimum Gasteiger partial charge on any atom is -0.492 e. The van der Waals surface area contributed by atoms with Crippen molar-refractivity contribution in [3.63, 3.8) is 0 Å². The fraction of sp³-hybridized carbons (Fsp3) is 0.190. The number of hydrogen-bond acceptors (Lipinski definition) is 6. The summed E-state index contributed by atoms with van der Waals surface area (Å²) in [5, 5.41) is 27.8. The summed E-state index contributed by atoms with van der Waals surface area (Å²) in [7, 11) is 3.35. The van der Waals surface area contributed by atoms with Crippen LogP contribution in [-0.2, 0) is 16.1 Å². The molecule has 9 heteroatoms. The molecule has 0 spiro atoms. The van der Waals surface area contributed by atoms with Gasteiger partial charge in [-0.25, -0.2) is 14.0 Å². The number of nitriles is 1. The third-order valence-electron chi connectivity index (χ3n) is 3.62. The van der Waals surface area contributed by atoms with Gasteiger partial charge in [-0.1, -0.05) is 18.2 Å². The van der Waals surface area contributed by atoms with Gasteiger partial charge in [-0.3, -0.25) is 0 Å². The molecule has 0 bridgehead atoms. The summed E-state index contributed by atoms with van der Waals surface area (Å²) in [6.45, 7) is 2.21. The van der Waals surface area contributed by atoms with Crippen molar-refractivity contribution in [2.24, 2.45) is 0 Å². The number of benzene rings is 2. The van der Waals surface area contributed by atoms with Gasteiger partial charge in [0.15, 0.2) is 23.1 Å². The zero-order chi connectivity index (χ0) is 22.7. The van der Waals surface area contributed by atoms with Crippen molar-refractivity contribution in [2.75, 3.05) is 14.2 Å². The Morgan fingerprint density at radius 1 is 1.17 bits per heavy atom. The van der Waals surface area contributed by atoms with Gasteiger partial charge in [0, 0.05) is 24.3 Å². The van der Waals surface area contributed by atoms with Gasteiger partial charge in [0.2, 0.25) is 0 Å². The van der Waals surface area contributed by atoms with Crippen molar-refractivity contribution in [3.8, 4) is 23.3 Å². The number of hydrogen-bond donors (Lipinski definition) is 3. The average Bonchev–Trinajstić information content (AvgIpc) is 2.71. The molecule has 2 rings (SSSR count). The zero-order valence-electron chi connectivity index (χ0n) is 16.6. The van der Waals surface area contributed by atoms with Crippen LogP contribution in [0.5, 0.6) is 17.2 Å². The smallest absolute Gasteiger partial charge is 0.328 e. The molecule has 0 amide bonds. The molecule has 0 radical (unpaired) electrons. The topological polar surface area (TPSA) is 129 Å². The quantitative estimate of drug-likeness (QED) is 0.587. The summed E-state index contributed by atoms with van der Waals surface area (Å²) in [5.74, 6) is -2.25. The number of aliphatic carboxylic acids is 2. The summed E-state index contributed by atoms with van der Waals surface area (Å²) in [4.78, 5) is 19.1. The number of rotatable bonds is 7. The van der Waals surface area contributed by atoms with E-state index in [2.05, 4.69) is 5.32 Å². The molecule has 158 valence electrons. The van der Waals surface area contributed by atoms with Crippen molar-refractivity contribution in [1.82, 2.24) is 5.32 Å². The van der Waals surface area contributed by atoms with E-state index in [1.54, 1.807) is 25.1 Å². The summed E-state index contributed by atoms with van der Waals surface area (Å²) in [6, 6.07) is 10.4. The summed E-state index contributed by atoms with van der Waals surface area (Å²) >= 11 is 0. The van der Waals surface area contributed by atoms with Crippen molar-refractivity contribution in [2.45, 2.75) is 13.5 Å². The van der Waals surface area contributed by atoms with Crippen LogP contribution >= 0.6 is 0 Å². The number of halogens is 1. The maximum absolute atomic E-state index is 14.3. The van der Waals surface area contributed by atoms with Crippen molar-refractivity contribution in [3.05, 3.63) is 65.0 Å². The van der Waals surface area contributed by atoms with Gasteiger partial charge >= 0.3 is 11.9 Å². The first-order valence-corrected chi connectivity index (χ1v) is 8.56. The first-order chi connectivity index (χ1) is 14.2. The van der Waals surface area contributed by atoms with Crippen LogP contribution in [0, 0.1) is 24.1 Å². The van der Waals surface area contributed by atoms with E-state index >= 15 is 0 Å². The molecule has 0 saturated heterocycles. The van der Waals surface area contributed by atoms with Crippen LogP contribution in [0.1, 0.15) is 16.7 Å². The van der Waals surface area contributed by atoms with E-state index in [0.29, 0.717) is 35.8 Å². The van der Waals surface area contributed by atoms with Gasteiger partial charge in [-0.2, -0.15) is 5.26 Å². The van der Waals surface area contributed by atoms with Crippen molar-refractivity contribution in [1.29, 1.82) is 5.26 Å². The maximum atomic E-state index is 14.3. The highest BCUT2D eigenvalue weighted by molar-refractivity contribution is 5.89. The maximum Gasteiger partial charge on any atom is 0.328 e. The fourth-order valence-corrected chi connectivity index (χ4v) is 2.30. The van der Waals surface area contributed by atoms with Crippen molar-refractivity contribution < 1.29 is 33.7 Å². The average molecular weight is 416 g/mol. The number of aryl methyl sites for hydroxylation is 1. The number of nitrogens with one attached hydrogen (secondary N) is 1. The predicted octanol–water partition coefficient (Wildman–Crippen LogP) is 3.24. The molecule has 30 heavy (non-hydrogen) atoms. The molecule has 0 aliphatic heterocycles. The van der Waals surface area contributed by atoms with E-state index in [1.807, 2.05) is 19.2 Å². The molecule has 0 aliphatic rings. The predicted molar refractivity (Wildman–Crippen MR) is 106 cm³/mol. The summed E-state index contributed by atoms with van der Waals surface area (Å²) in [5.41, 5.74) is 1.44. The van der Waals surface area contributed by atoms with Gasteiger partial charge in [-0.05, 0) is 31.7 Å². The SMILES string of the molecule is CNCc1cccc(Oc2c(C#N)ccc(C)c2F)c1OC.O=C(O)/C=C/C(=O)O. The molecule has 0 unspecified atom stereocenters. The van der Waals surface area contributed by atoms with Gasteiger partial charge in [-0.15, -0.1) is 0 Å². The number of carbonyl (C=O) groups is 2. The third-order valence-corrected chi connectivity index (χ3v) is 3.62. The van der Waals surface area contributed by atoms with Gasteiger partial charge in [0.25, 0.3) is 0 Å². The van der Waals surface area contributed by atoms with Crippen molar-refractivity contribution >= 4 is 11.9 Å². The largest absolute Gasteiger partial charge is 0.492 e. The highest BCUT2D eigenvalue weighted by atomic mass is 19.1. The highest BCUT2D eigenvalue weighted by Crippen LogP contribution is 2.37. The lowest BCUT2D eigenvalue weighted by Gasteiger charge is -2.15. The van der Waals surface area contributed by atoms with Crippen LogP contribution < -0.4 is 14.8 Å². The fourth-order valence-electron chi connectivity index (χ4n) is 2.30. The van der Waals surface area contributed by atoms with E-state index in [0.717, 1.165) is 5.56 Å². The summed E-state index contributed by atoms with van der Waals surface area (Å²) < 4.78 is 25.3. The molecule has 0 aliphatic carbocycles. The number of nitrogens with zero attached hydrogens (tertiary/aromatic N) is 1. The molecule has 0 fully saturated rings. The van der Waals surface area contributed by atoms with Crippen LogP contribution in [0.15, 0.2) is 42.5 Å². The Bertz CT molecular complexity index is 966. The van der Waals surface area contributed by atoms with E-state index in [4.69, 9.17) is 24.9 Å². The first kappa shape index (κ1) is 24.1. The molecule has 2 aromatic carbocycles. The Kier molecular flexibility index (Phi) is 9.52. The molecule has 3 N–H and O–H groups in total. The van der Waals surface area contributed by atoms with E-state index in [9.17, 15) is 14.0 Å². The third kappa shape index (κ3) is 6.92. The van der Waals surface area contributed by atoms with Crippen LogP contribution in [0.3, 0.4) is 0 Å². The second kappa shape index (κ2) is 11.8. The molecule has 0 saturated carbocycles. The molecule has 0 atom stereocenters. The molecule has 8 nitrogen and oxygen atoms in total. The second-order valence-electron chi connectivity index (χ2n) is 5.78. The van der Waals surface area contributed by atoms with E-state index in [1.165, 1.54) is 13.2 Å². The van der Waals surface area contributed by atoms with Gasteiger partial charge in [0.05, 0.1) is 12.7 Å². The number of carboxylic acids is 2. The number of para-hydroxylation sites is 1. The van der Waals surface area contributed by atoms with E-state index < -0.39 is 17.8 Å². The minimum atomic E-state index is -1.26. The van der Waals surface area contributed by atoms with Crippen LogP contribution in [-0.4, -0.2) is 36.3 Å². The van der Waals surface area contributed by atoms with Crippen LogP contribution in [0.2, 0.25) is 0 Å². The lowest BCUT2D eigenvalue weighted by Crippen LogP contribution is -2.07. The first-order valence-electron chi connectivity index (χ1n) is 8.56. The highest BCUT2D eigenvalue weighted by Gasteiger charge is 2.17. The van der Waals surface area contributed by atoms with Gasteiger partial charge in [0.1, 0.15) is 6.07 Å². The normalized spacial score (nSPS) is 9.97. The van der Waals surface area contributed by atoms with Crippen LogP contribution in [0.25, 0.3) is 0 Å². The Labute approximate surface area is 172 Å². The lowest BCUT2D eigenvalue weighted by atomic mass is 10.1. The van der Waals surface area contributed by atoms with E-state index in [-0.39, 0.29) is 11.3 Å². The molecule has 2 aromatic rings. The minimum absolute atomic E-state index is 0.0811. The number of ether oxygens (including phenoxy) is 2. The summed E-state index contributed by atoms with van der Waals surface area (Å²) in [6.07, 6.45) is 1.12.